The molecule has 0 radical (unpaired) electrons. The summed E-state index contributed by atoms with van der Waals surface area (Å²) in [5.41, 5.74) is 1.94. The summed E-state index contributed by atoms with van der Waals surface area (Å²) in [6, 6.07) is 10.1. The van der Waals surface area contributed by atoms with Crippen molar-refractivity contribution in [3.8, 4) is 0 Å². The first-order valence-electron chi connectivity index (χ1n) is 6.36. The van der Waals surface area contributed by atoms with Crippen LogP contribution in [0.5, 0.6) is 0 Å². The molecule has 4 nitrogen and oxygen atoms in total. The van der Waals surface area contributed by atoms with Crippen LogP contribution in [0.25, 0.3) is 11.0 Å². The van der Waals surface area contributed by atoms with Gasteiger partial charge in [0.2, 0.25) is 0 Å². The van der Waals surface area contributed by atoms with E-state index >= 15 is 0 Å². The van der Waals surface area contributed by atoms with Crippen molar-refractivity contribution in [1.82, 2.24) is 9.55 Å². The molecule has 1 aromatic carbocycles. The predicted molar refractivity (Wildman–Crippen MR) is 89.9 cm³/mol. The van der Waals surface area contributed by atoms with Crippen LogP contribution in [0.2, 0.25) is 5.02 Å². The predicted octanol–water partition coefficient (Wildman–Crippen LogP) is 4.15. The topological polar surface area (TPSA) is 52.0 Å². The van der Waals surface area contributed by atoms with Crippen LogP contribution in [-0.2, 0) is 16.1 Å². The summed E-state index contributed by atoms with van der Waals surface area (Å²) in [6.07, 6.45) is 3.66. The van der Waals surface area contributed by atoms with Crippen molar-refractivity contribution in [1.29, 1.82) is 0 Å². The highest BCUT2D eigenvalue weighted by molar-refractivity contribution is 8.13. The van der Waals surface area contributed by atoms with E-state index in [0.717, 1.165) is 21.6 Å². The molecule has 2 aromatic heterocycles. The van der Waals surface area contributed by atoms with E-state index in [4.69, 9.17) is 22.3 Å². The van der Waals surface area contributed by atoms with Gasteiger partial charge in [0.1, 0.15) is 5.65 Å². The minimum atomic E-state index is -3.55. The van der Waals surface area contributed by atoms with Gasteiger partial charge < -0.3 is 4.57 Å². The largest absolute Gasteiger partial charge is 0.336 e. The molecule has 0 aliphatic carbocycles. The lowest BCUT2D eigenvalue weighted by atomic mass is 10.2. The van der Waals surface area contributed by atoms with Gasteiger partial charge in [0, 0.05) is 35.5 Å². The Hall–Kier alpha value is -1.56. The second-order valence-electron chi connectivity index (χ2n) is 4.71. The van der Waals surface area contributed by atoms with E-state index in [2.05, 4.69) is 4.98 Å². The molecule has 0 unspecified atom stereocenters. The Labute approximate surface area is 138 Å². The molecule has 0 aliphatic rings. The van der Waals surface area contributed by atoms with E-state index < -0.39 is 9.05 Å². The summed E-state index contributed by atoms with van der Waals surface area (Å²) in [5.74, 6) is 0. The van der Waals surface area contributed by atoms with Gasteiger partial charge in [-0.05, 0) is 31.2 Å². The third-order valence-electron chi connectivity index (χ3n) is 3.02. The van der Waals surface area contributed by atoms with Crippen molar-refractivity contribution < 1.29 is 8.42 Å². The number of aryl methyl sites for hydroxylation is 2. The minimum Gasteiger partial charge on any atom is -0.336 e. The number of rotatable bonds is 1. The molecule has 0 bridgehead atoms. The molecule has 7 heteroatoms. The van der Waals surface area contributed by atoms with E-state index in [0.29, 0.717) is 0 Å². The number of nitrogens with zero attached hydrogens (tertiary/aromatic N) is 2. The fourth-order valence-electron chi connectivity index (χ4n) is 1.83. The third-order valence-corrected chi connectivity index (χ3v) is 4.72. The Morgan fingerprint density at radius 1 is 1.09 bits per heavy atom. The number of pyridine rings is 1. The van der Waals surface area contributed by atoms with E-state index in [-0.39, 0.29) is 4.90 Å². The van der Waals surface area contributed by atoms with Gasteiger partial charge in [-0.15, -0.1) is 0 Å². The lowest BCUT2D eigenvalue weighted by Gasteiger charge is -1.94. The van der Waals surface area contributed by atoms with E-state index in [1.165, 1.54) is 12.1 Å². The van der Waals surface area contributed by atoms with E-state index in [1.54, 1.807) is 24.4 Å². The molecule has 116 valence electrons. The molecule has 0 aliphatic heterocycles. The van der Waals surface area contributed by atoms with E-state index in [1.807, 2.05) is 30.8 Å². The minimum absolute atomic E-state index is 0.143. The Bertz CT molecular complexity index is 888. The first-order valence-corrected chi connectivity index (χ1v) is 9.04. The van der Waals surface area contributed by atoms with Gasteiger partial charge in [-0.2, -0.15) is 0 Å². The molecule has 0 amide bonds. The van der Waals surface area contributed by atoms with Crippen molar-refractivity contribution in [2.75, 3.05) is 0 Å². The van der Waals surface area contributed by atoms with Gasteiger partial charge in [-0.25, -0.2) is 13.4 Å². The molecule has 0 atom stereocenters. The summed E-state index contributed by atoms with van der Waals surface area (Å²) >= 11 is 5.92. The van der Waals surface area contributed by atoms with Crippen LogP contribution in [0.1, 0.15) is 5.56 Å². The van der Waals surface area contributed by atoms with Gasteiger partial charge in [0.25, 0.3) is 9.05 Å². The SMILES string of the molecule is Cc1ccc(S(=O)(=O)Cl)cc1.Cn1ccc2c(Cl)ccnc21. The summed E-state index contributed by atoms with van der Waals surface area (Å²) in [6.45, 7) is 1.88. The second-order valence-corrected chi connectivity index (χ2v) is 7.68. The lowest BCUT2D eigenvalue weighted by Crippen LogP contribution is -1.89. The zero-order valence-electron chi connectivity index (χ0n) is 12.0. The lowest BCUT2D eigenvalue weighted by molar-refractivity contribution is 0.609. The maximum absolute atomic E-state index is 10.7. The highest BCUT2D eigenvalue weighted by Gasteiger charge is 2.07. The van der Waals surface area contributed by atoms with Crippen LogP contribution in [0.15, 0.2) is 53.7 Å². The number of aromatic nitrogens is 2. The van der Waals surface area contributed by atoms with E-state index in [9.17, 15) is 8.42 Å². The molecular weight excluding hydrogens is 343 g/mol. The van der Waals surface area contributed by atoms with Crippen LogP contribution >= 0.6 is 22.3 Å². The number of fused-ring (bicyclic) bond motifs is 1. The summed E-state index contributed by atoms with van der Waals surface area (Å²) < 4.78 is 23.4. The van der Waals surface area contributed by atoms with Gasteiger partial charge in [-0.1, -0.05) is 29.3 Å². The maximum Gasteiger partial charge on any atom is 0.261 e. The normalized spacial score (nSPS) is 11.1. The quantitative estimate of drug-likeness (QED) is 0.615. The summed E-state index contributed by atoms with van der Waals surface area (Å²) in [4.78, 5) is 4.32. The molecule has 0 spiro atoms. The van der Waals surface area contributed by atoms with Crippen LogP contribution in [0.4, 0.5) is 0 Å². The molecule has 22 heavy (non-hydrogen) atoms. The van der Waals surface area contributed by atoms with Crippen LogP contribution in [0, 0.1) is 6.92 Å². The smallest absolute Gasteiger partial charge is 0.261 e. The number of benzene rings is 1. The molecule has 3 aromatic rings. The average Bonchev–Trinajstić information content (AvgIpc) is 2.82. The molecule has 0 fully saturated rings. The second kappa shape index (κ2) is 6.69. The highest BCUT2D eigenvalue weighted by atomic mass is 35.7. The van der Waals surface area contributed by atoms with Crippen molar-refractivity contribution in [2.24, 2.45) is 7.05 Å². The number of halogens is 2. The van der Waals surface area contributed by atoms with Crippen molar-refractivity contribution in [3.63, 3.8) is 0 Å². The maximum atomic E-state index is 10.7. The van der Waals surface area contributed by atoms with Crippen molar-refractivity contribution in [2.45, 2.75) is 11.8 Å². The van der Waals surface area contributed by atoms with Gasteiger partial charge in [0.05, 0.1) is 9.92 Å². The number of hydrogen-bond acceptors (Lipinski definition) is 3. The Kier molecular flexibility index (Phi) is 5.11. The molecular formula is C15H14Cl2N2O2S. The summed E-state index contributed by atoms with van der Waals surface area (Å²) in [5, 5.41) is 1.77. The van der Waals surface area contributed by atoms with Gasteiger partial charge in [0.15, 0.2) is 0 Å². The Morgan fingerprint density at radius 3 is 2.27 bits per heavy atom. The van der Waals surface area contributed by atoms with Crippen LogP contribution < -0.4 is 0 Å². The summed E-state index contributed by atoms with van der Waals surface area (Å²) in [7, 11) is 3.49. The molecule has 0 saturated carbocycles. The van der Waals surface area contributed by atoms with Crippen molar-refractivity contribution >= 4 is 42.4 Å². The standard InChI is InChI=1S/C8H7ClN2.C7H7ClO2S/c1-11-5-3-6-7(9)2-4-10-8(6)11;1-6-2-4-7(5-3-6)11(8,9)10/h2*2-5H,1H3. The van der Waals surface area contributed by atoms with Gasteiger partial charge in [-0.3, -0.25) is 0 Å². The fraction of sp³-hybridized carbons (Fsp3) is 0.133. The van der Waals surface area contributed by atoms with Crippen LogP contribution in [-0.4, -0.2) is 18.0 Å². The molecule has 2 heterocycles. The van der Waals surface area contributed by atoms with Crippen molar-refractivity contribution in [3.05, 3.63) is 59.4 Å². The zero-order valence-corrected chi connectivity index (χ0v) is 14.3. The highest BCUT2D eigenvalue weighted by Crippen LogP contribution is 2.21. The molecule has 3 rings (SSSR count). The first kappa shape index (κ1) is 16.8. The number of hydrogen-bond donors (Lipinski definition) is 0. The zero-order chi connectivity index (χ0) is 16.3. The monoisotopic (exact) mass is 356 g/mol. The first-order chi connectivity index (χ1) is 10.3. The third kappa shape index (κ3) is 4.00. The van der Waals surface area contributed by atoms with Gasteiger partial charge >= 0.3 is 0 Å². The molecule has 0 N–H and O–H groups in total. The average molecular weight is 357 g/mol. The fourth-order valence-corrected chi connectivity index (χ4v) is 2.81. The van der Waals surface area contributed by atoms with Crippen LogP contribution in [0.3, 0.4) is 0 Å². The Balaban J connectivity index is 0.000000160. The Morgan fingerprint density at radius 2 is 1.73 bits per heavy atom. The molecule has 0 saturated heterocycles.